The van der Waals surface area contributed by atoms with Crippen LogP contribution in [0.3, 0.4) is 0 Å². The summed E-state index contributed by atoms with van der Waals surface area (Å²) in [6.45, 7) is 0. The molecule has 0 heterocycles. The van der Waals surface area contributed by atoms with Crippen LogP contribution in [0.2, 0.25) is 0 Å². The zero-order chi connectivity index (χ0) is 16.5. The summed E-state index contributed by atoms with van der Waals surface area (Å²) in [5.74, 6) is -5.65. The molecule has 21 heavy (non-hydrogen) atoms. The van der Waals surface area contributed by atoms with Gasteiger partial charge in [0.15, 0.2) is 5.25 Å². The van der Waals surface area contributed by atoms with Gasteiger partial charge >= 0.3 is 75.3 Å². The number of carbonyl (C=O) groups is 4. The fourth-order valence-electron chi connectivity index (χ4n) is 0.692. The Labute approximate surface area is 162 Å². The Balaban J connectivity index is -0.000000144. The molecule has 0 fully saturated rings. The van der Waals surface area contributed by atoms with Crippen molar-refractivity contribution < 1.29 is 105 Å². The van der Waals surface area contributed by atoms with E-state index in [1.54, 1.807) is 0 Å². The van der Waals surface area contributed by atoms with Crippen LogP contribution in [-0.4, -0.2) is 62.5 Å². The number of aliphatic carboxylic acids is 4. The van der Waals surface area contributed by atoms with E-state index in [1.165, 1.54) is 0 Å². The molecule has 0 rings (SSSR count). The number of hydrogen-bond donors (Lipinski definition) is 5. The number of rotatable bonds is 7. The van der Waals surface area contributed by atoms with Crippen molar-refractivity contribution in [3.8, 4) is 0 Å². The van der Waals surface area contributed by atoms with Gasteiger partial charge in [-0.3, -0.25) is 23.7 Å². The Morgan fingerprint density at radius 2 is 1.19 bits per heavy atom. The molecule has 0 aliphatic carbocycles. The quantitative estimate of drug-likeness (QED) is 0.219. The van der Waals surface area contributed by atoms with Crippen molar-refractivity contribution in [2.75, 3.05) is 0 Å². The van der Waals surface area contributed by atoms with Crippen molar-refractivity contribution >= 4 is 34.0 Å². The zero-order valence-electron chi connectivity index (χ0n) is 11.8. The summed E-state index contributed by atoms with van der Waals surface area (Å²) in [6, 6.07) is 0. The Bertz CT molecular complexity index is 474. The summed E-state index contributed by atoms with van der Waals surface area (Å²) in [5.41, 5.74) is 0. The maximum absolute atomic E-state index is 10.2. The minimum Gasteiger partial charge on any atom is -1.00 e. The van der Waals surface area contributed by atoms with Crippen LogP contribution >= 0.6 is 0 Å². The first-order valence-corrected chi connectivity index (χ1v) is 6.22. The molecule has 13 heteroatoms. The van der Waals surface area contributed by atoms with Gasteiger partial charge in [0.25, 0.3) is 10.1 Å². The third kappa shape index (κ3) is 17.4. The van der Waals surface area contributed by atoms with Gasteiger partial charge in [-0.25, -0.2) is 0 Å². The van der Waals surface area contributed by atoms with Gasteiger partial charge in [-0.2, -0.15) is 8.42 Å². The molecule has 0 amide bonds. The zero-order valence-corrected chi connectivity index (χ0v) is 14.7. The van der Waals surface area contributed by atoms with Gasteiger partial charge in [-0.05, 0) is 0 Å². The molecule has 0 radical (unpaired) electrons. The van der Waals surface area contributed by atoms with Gasteiger partial charge < -0.3 is 21.9 Å². The van der Waals surface area contributed by atoms with E-state index < -0.39 is 45.7 Å². The Kier molecular flexibility index (Phi) is 14.5. The molecule has 0 saturated carbocycles. The van der Waals surface area contributed by atoms with Gasteiger partial charge in [0.2, 0.25) is 0 Å². The summed E-state index contributed by atoms with van der Waals surface area (Å²) in [7, 11) is -4.84. The smallest absolute Gasteiger partial charge is 1.00 e. The molecular formula is C8H13KO11S. The number of carboxylic acid groups (broad SMARTS) is 4. The summed E-state index contributed by atoms with van der Waals surface area (Å²) in [6.07, 6.45) is -1.75. The average molecular weight is 356 g/mol. The predicted octanol–water partition coefficient (Wildman–Crippen LogP) is -4.15. The van der Waals surface area contributed by atoms with E-state index in [2.05, 4.69) is 0 Å². The molecule has 118 valence electrons. The first kappa shape index (κ1) is 25.4. The molecule has 0 aromatic carbocycles. The molecule has 11 nitrogen and oxygen atoms in total. The molecule has 1 unspecified atom stereocenters. The second-order valence-electron chi connectivity index (χ2n) is 3.23. The minimum absolute atomic E-state index is 0. The molecule has 0 spiro atoms. The van der Waals surface area contributed by atoms with E-state index in [9.17, 15) is 27.6 Å². The van der Waals surface area contributed by atoms with Crippen LogP contribution in [0.4, 0.5) is 0 Å². The van der Waals surface area contributed by atoms with Gasteiger partial charge in [0.1, 0.15) is 0 Å². The van der Waals surface area contributed by atoms with Gasteiger partial charge in [-0.1, -0.05) is 0 Å². The van der Waals surface area contributed by atoms with Crippen molar-refractivity contribution in [3.63, 3.8) is 0 Å². The van der Waals surface area contributed by atoms with Gasteiger partial charge in [-0.15, -0.1) is 0 Å². The molecule has 5 N–H and O–H groups in total. The summed E-state index contributed by atoms with van der Waals surface area (Å²) in [4.78, 5) is 39.3. The predicted molar refractivity (Wildman–Crippen MR) is 60.8 cm³/mol. The molecular weight excluding hydrogens is 343 g/mol. The third-order valence-corrected chi connectivity index (χ3v) is 2.64. The average Bonchev–Trinajstić information content (AvgIpc) is 2.22. The van der Waals surface area contributed by atoms with E-state index in [1.807, 2.05) is 0 Å². The summed E-state index contributed by atoms with van der Waals surface area (Å²) < 4.78 is 28.7. The van der Waals surface area contributed by atoms with E-state index in [-0.39, 0.29) is 65.7 Å². The van der Waals surface area contributed by atoms with Crippen LogP contribution in [-0.2, 0) is 29.3 Å². The van der Waals surface area contributed by atoms with Crippen LogP contribution in [0.15, 0.2) is 0 Å². The van der Waals surface area contributed by atoms with Crippen molar-refractivity contribution in [1.82, 2.24) is 0 Å². The Hall–Kier alpha value is -0.574. The van der Waals surface area contributed by atoms with Crippen LogP contribution in [0.5, 0.6) is 0 Å². The minimum atomic E-state index is -4.84. The summed E-state index contributed by atoms with van der Waals surface area (Å²) in [5, 5.41) is 29.7. The normalized spacial score (nSPS) is 11.1. The molecule has 0 aliphatic heterocycles. The molecule has 0 bridgehead atoms. The van der Waals surface area contributed by atoms with Crippen molar-refractivity contribution in [2.45, 2.75) is 24.5 Å². The maximum atomic E-state index is 10.2. The second-order valence-corrected chi connectivity index (χ2v) is 4.83. The van der Waals surface area contributed by atoms with Crippen LogP contribution in [0, 0.1) is 0 Å². The maximum Gasteiger partial charge on any atom is 1.00 e. The van der Waals surface area contributed by atoms with E-state index in [0.29, 0.717) is 0 Å². The number of hydrogen-bond acceptors (Lipinski definition) is 6. The molecule has 0 aliphatic rings. The van der Waals surface area contributed by atoms with E-state index in [4.69, 9.17) is 25.0 Å². The SMILES string of the molecule is O=C(O)CC(C(=O)O)S(=O)(=O)O.O=C(O)CCC(=O)O.[H-].[K+]. The molecule has 0 aromatic rings. The fourth-order valence-corrected chi connectivity index (χ4v) is 1.30. The molecule has 0 aromatic heterocycles. The van der Waals surface area contributed by atoms with Crippen LogP contribution in [0.25, 0.3) is 0 Å². The molecule has 1 atom stereocenters. The first-order chi connectivity index (χ1) is 8.87. The standard InChI is InChI=1S/C4H6O7S.C4H6O4.K.H/c5-3(6)1-2(4(7)8)12(9,10)11;5-3(6)1-2-4(7)8;;/h2H,1H2,(H,5,6)(H,7,8)(H,9,10,11);1-2H2,(H,5,6)(H,7,8);;/q;;+1;-1. The summed E-state index contributed by atoms with van der Waals surface area (Å²) >= 11 is 0. The van der Waals surface area contributed by atoms with Crippen molar-refractivity contribution in [3.05, 3.63) is 0 Å². The topological polar surface area (TPSA) is 204 Å². The third-order valence-electron chi connectivity index (χ3n) is 1.55. The van der Waals surface area contributed by atoms with Crippen LogP contribution in [0.1, 0.15) is 20.7 Å². The fraction of sp³-hybridized carbons (Fsp3) is 0.500. The largest absolute Gasteiger partial charge is 1.00 e. The Morgan fingerprint density at radius 3 is 1.29 bits per heavy atom. The van der Waals surface area contributed by atoms with E-state index >= 15 is 0 Å². The molecule has 0 saturated heterocycles. The van der Waals surface area contributed by atoms with Crippen LogP contribution < -0.4 is 51.4 Å². The van der Waals surface area contributed by atoms with Crippen molar-refractivity contribution in [1.29, 1.82) is 0 Å². The van der Waals surface area contributed by atoms with Crippen molar-refractivity contribution in [2.24, 2.45) is 0 Å². The number of carboxylic acids is 4. The monoisotopic (exact) mass is 356 g/mol. The van der Waals surface area contributed by atoms with E-state index in [0.717, 1.165) is 0 Å². The Morgan fingerprint density at radius 1 is 0.857 bits per heavy atom. The second kappa shape index (κ2) is 12.0. The van der Waals surface area contributed by atoms with Gasteiger partial charge in [0, 0.05) is 0 Å². The first-order valence-electron chi connectivity index (χ1n) is 4.72. The van der Waals surface area contributed by atoms with Gasteiger partial charge in [0.05, 0.1) is 19.3 Å².